The predicted octanol–water partition coefficient (Wildman–Crippen LogP) is 4.67. The molecule has 0 bridgehead atoms. The molecule has 0 atom stereocenters. The van der Waals surface area contributed by atoms with Gasteiger partial charge in [0.15, 0.2) is 11.5 Å². The molecule has 1 amide bonds. The number of hydrogen-bond donors (Lipinski definition) is 1. The molecule has 0 radical (unpaired) electrons. The Morgan fingerprint density at radius 3 is 2.50 bits per heavy atom. The summed E-state index contributed by atoms with van der Waals surface area (Å²) in [5.41, 5.74) is 1.80. The average Bonchev–Trinajstić information content (AvgIpc) is 2.67. The lowest BCUT2D eigenvalue weighted by atomic mass is 10.1. The summed E-state index contributed by atoms with van der Waals surface area (Å²) in [5, 5.41) is 2.65. The Morgan fingerprint density at radius 2 is 1.77 bits per heavy atom. The fourth-order valence-electron chi connectivity index (χ4n) is 2.43. The smallest absolute Gasteiger partial charge is 0.255 e. The number of halogens is 1. The van der Waals surface area contributed by atoms with Crippen molar-refractivity contribution in [2.75, 3.05) is 12.4 Å². The molecule has 132 valence electrons. The number of amides is 1. The molecule has 26 heavy (non-hydrogen) atoms. The van der Waals surface area contributed by atoms with E-state index in [4.69, 9.17) is 9.47 Å². The van der Waals surface area contributed by atoms with E-state index >= 15 is 0 Å². The van der Waals surface area contributed by atoms with Gasteiger partial charge in [-0.2, -0.15) is 0 Å². The third-order valence-corrected chi connectivity index (χ3v) is 3.75. The molecule has 0 saturated carbocycles. The van der Waals surface area contributed by atoms with Crippen LogP contribution in [0, 0.1) is 5.82 Å². The summed E-state index contributed by atoms with van der Waals surface area (Å²) in [4.78, 5) is 12.4. The zero-order valence-corrected chi connectivity index (χ0v) is 14.2. The SMILES string of the molecule is COc1cc(C(=O)Nc2cccc(F)c2)ccc1OCc1ccccc1. The van der Waals surface area contributed by atoms with Gasteiger partial charge < -0.3 is 14.8 Å². The van der Waals surface area contributed by atoms with Crippen LogP contribution in [0.3, 0.4) is 0 Å². The van der Waals surface area contributed by atoms with Crippen LogP contribution in [0.15, 0.2) is 72.8 Å². The van der Waals surface area contributed by atoms with Crippen LogP contribution in [0.4, 0.5) is 10.1 Å². The zero-order valence-electron chi connectivity index (χ0n) is 14.2. The maximum absolute atomic E-state index is 13.2. The molecular weight excluding hydrogens is 333 g/mol. The van der Waals surface area contributed by atoms with Gasteiger partial charge in [0.1, 0.15) is 12.4 Å². The Kier molecular flexibility index (Phi) is 5.49. The number of carbonyl (C=O) groups excluding carboxylic acids is 1. The monoisotopic (exact) mass is 351 g/mol. The summed E-state index contributed by atoms with van der Waals surface area (Å²) in [5.74, 6) is 0.222. The first-order valence-electron chi connectivity index (χ1n) is 8.07. The van der Waals surface area contributed by atoms with E-state index in [1.165, 1.54) is 25.3 Å². The molecule has 1 N–H and O–H groups in total. The minimum atomic E-state index is -0.412. The number of carbonyl (C=O) groups is 1. The van der Waals surface area contributed by atoms with Crippen molar-refractivity contribution >= 4 is 11.6 Å². The van der Waals surface area contributed by atoms with Gasteiger partial charge in [0, 0.05) is 11.3 Å². The van der Waals surface area contributed by atoms with Gasteiger partial charge in [-0.05, 0) is 42.0 Å². The molecule has 0 aliphatic rings. The largest absolute Gasteiger partial charge is 0.493 e. The fraction of sp³-hybridized carbons (Fsp3) is 0.0952. The number of ether oxygens (including phenoxy) is 2. The Balaban J connectivity index is 1.72. The van der Waals surface area contributed by atoms with Crippen molar-refractivity contribution in [3.8, 4) is 11.5 Å². The maximum atomic E-state index is 13.2. The summed E-state index contributed by atoms with van der Waals surface area (Å²) in [6.07, 6.45) is 0. The molecule has 0 aliphatic heterocycles. The normalized spacial score (nSPS) is 10.2. The summed E-state index contributed by atoms with van der Waals surface area (Å²) in [6.45, 7) is 0.395. The lowest BCUT2D eigenvalue weighted by Crippen LogP contribution is -2.12. The van der Waals surface area contributed by atoms with Crippen LogP contribution in [-0.4, -0.2) is 13.0 Å². The van der Waals surface area contributed by atoms with Crippen LogP contribution < -0.4 is 14.8 Å². The second kappa shape index (κ2) is 8.16. The van der Waals surface area contributed by atoms with Crippen LogP contribution in [0.25, 0.3) is 0 Å². The first-order chi connectivity index (χ1) is 12.7. The summed E-state index contributed by atoms with van der Waals surface area (Å²) >= 11 is 0. The van der Waals surface area contributed by atoms with Crippen LogP contribution in [0.1, 0.15) is 15.9 Å². The van der Waals surface area contributed by atoms with Crippen molar-refractivity contribution in [3.05, 3.63) is 89.7 Å². The van der Waals surface area contributed by atoms with Gasteiger partial charge in [0.05, 0.1) is 7.11 Å². The highest BCUT2D eigenvalue weighted by molar-refractivity contribution is 6.04. The van der Waals surface area contributed by atoms with Crippen molar-refractivity contribution in [1.82, 2.24) is 0 Å². The van der Waals surface area contributed by atoms with E-state index in [0.717, 1.165) is 5.56 Å². The Labute approximate surface area is 151 Å². The van der Waals surface area contributed by atoms with Crippen molar-refractivity contribution < 1.29 is 18.7 Å². The van der Waals surface area contributed by atoms with Crippen molar-refractivity contribution in [3.63, 3.8) is 0 Å². The van der Waals surface area contributed by atoms with Gasteiger partial charge in [-0.15, -0.1) is 0 Å². The molecule has 0 spiro atoms. The van der Waals surface area contributed by atoms with Crippen LogP contribution in [0.2, 0.25) is 0 Å². The van der Waals surface area contributed by atoms with E-state index in [0.29, 0.717) is 29.4 Å². The second-order valence-corrected chi connectivity index (χ2v) is 5.60. The zero-order chi connectivity index (χ0) is 18.4. The van der Waals surface area contributed by atoms with Crippen LogP contribution in [-0.2, 0) is 6.61 Å². The average molecular weight is 351 g/mol. The third-order valence-electron chi connectivity index (χ3n) is 3.75. The molecule has 0 aliphatic carbocycles. The lowest BCUT2D eigenvalue weighted by Gasteiger charge is -2.12. The molecule has 5 heteroatoms. The first-order valence-corrected chi connectivity index (χ1v) is 8.07. The molecule has 0 heterocycles. The van der Waals surface area contributed by atoms with E-state index in [2.05, 4.69) is 5.32 Å². The molecule has 3 aromatic carbocycles. The molecule has 0 saturated heterocycles. The molecule has 0 aromatic heterocycles. The van der Waals surface area contributed by atoms with Gasteiger partial charge in [-0.3, -0.25) is 4.79 Å². The maximum Gasteiger partial charge on any atom is 0.255 e. The highest BCUT2D eigenvalue weighted by atomic mass is 19.1. The standard InChI is InChI=1S/C21H18FNO3/c1-25-20-12-16(21(24)23-18-9-5-8-17(22)13-18)10-11-19(20)26-14-15-6-3-2-4-7-15/h2-13H,14H2,1H3,(H,23,24). The summed E-state index contributed by atoms with van der Waals surface area (Å²) in [7, 11) is 1.51. The highest BCUT2D eigenvalue weighted by Gasteiger charge is 2.12. The van der Waals surface area contributed by atoms with Gasteiger partial charge in [-0.25, -0.2) is 4.39 Å². The van der Waals surface area contributed by atoms with E-state index in [-0.39, 0.29) is 5.91 Å². The number of nitrogens with one attached hydrogen (secondary N) is 1. The topological polar surface area (TPSA) is 47.6 Å². The van der Waals surface area contributed by atoms with Gasteiger partial charge in [0.25, 0.3) is 5.91 Å². The van der Waals surface area contributed by atoms with E-state index in [1.807, 2.05) is 30.3 Å². The highest BCUT2D eigenvalue weighted by Crippen LogP contribution is 2.29. The van der Waals surface area contributed by atoms with Crippen LogP contribution in [0.5, 0.6) is 11.5 Å². The molecule has 3 rings (SSSR count). The number of rotatable bonds is 6. The van der Waals surface area contributed by atoms with Gasteiger partial charge >= 0.3 is 0 Å². The van der Waals surface area contributed by atoms with Crippen molar-refractivity contribution in [1.29, 1.82) is 0 Å². The Morgan fingerprint density at radius 1 is 0.962 bits per heavy atom. The van der Waals surface area contributed by atoms with Gasteiger partial charge in [-0.1, -0.05) is 36.4 Å². The quantitative estimate of drug-likeness (QED) is 0.702. The Bertz CT molecular complexity index is 897. The first kappa shape index (κ1) is 17.5. The van der Waals surface area contributed by atoms with Crippen LogP contribution >= 0.6 is 0 Å². The number of hydrogen-bond acceptors (Lipinski definition) is 3. The Hall–Kier alpha value is -3.34. The lowest BCUT2D eigenvalue weighted by molar-refractivity contribution is 0.102. The minimum Gasteiger partial charge on any atom is -0.493 e. The van der Waals surface area contributed by atoms with E-state index in [9.17, 15) is 9.18 Å². The second-order valence-electron chi connectivity index (χ2n) is 5.60. The predicted molar refractivity (Wildman–Crippen MR) is 98.1 cm³/mol. The summed E-state index contributed by atoms with van der Waals surface area (Å²) < 4.78 is 24.3. The summed E-state index contributed by atoms with van der Waals surface area (Å²) in [6, 6.07) is 20.4. The number of benzene rings is 3. The fourth-order valence-corrected chi connectivity index (χ4v) is 2.43. The molecule has 4 nitrogen and oxygen atoms in total. The van der Waals surface area contributed by atoms with Crippen molar-refractivity contribution in [2.45, 2.75) is 6.61 Å². The van der Waals surface area contributed by atoms with E-state index in [1.54, 1.807) is 24.3 Å². The molecular formula is C21H18FNO3. The van der Waals surface area contributed by atoms with Crippen molar-refractivity contribution in [2.24, 2.45) is 0 Å². The molecule has 3 aromatic rings. The number of anilines is 1. The van der Waals surface area contributed by atoms with E-state index < -0.39 is 5.82 Å². The molecule has 0 fully saturated rings. The number of methoxy groups -OCH3 is 1. The molecule has 0 unspecified atom stereocenters. The third kappa shape index (κ3) is 4.39. The van der Waals surface area contributed by atoms with Gasteiger partial charge in [0.2, 0.25) is 0 Å². The minimum absolute atomic E-state index is 0.358.